The topological polar surface area (TPSA) is 72.7 Å². The lowest BCUT2D eigenvalue weighted by Gasteiger charge is -2.30. The first-order valence-electron chi connectivity index (χ1n) is 7.30. The summed E-state index contributed by atoms with van der Waals surface area (Å²) in [6.45, 7) is 0. The van der Waals surface area contributed by atoms with E-state index in [1.165, 1.54) is 12.1 Å². The number of aromatic nitrogens is 1. The van der Waals surface area contributed by atoms with Gasteiger partial charge in [-0.1, -0.05) is 6.07 Å². The van der Waals surface area contributed by atoms with E-state index in [2.05, 4.69) is 4.98 Å². The molecule has 2 N–H and O–H groups in total. The molecule has 1 aliphatic heterocycles. The monoisotopic (exact) mass is 323 g/mol. The fourth-order valence-electron chi connectivity index (χ4n) is 3.25. The predicted molar refractivity (Wildman–Crippen MR) is 84.0 cm³/mol. The van der Waals surface area contributed by atoms with Gasteiger partial charge in [0.1, 0.15) is 23.3 Å². The molecular formula is C18H11F2N3O. The summed E-state index contributed by atoms with van der Waals surface area (Å²) < 4.78 is 32.9. The van der Waals surface area contributed by atoms with Gasteiger partial charge in [0, 0.05) is 34.6 Å². The van der Waals surface area contributed by atoms with Crippen LogP contribution in [0, 0.1) is 34.3 Å². The number of hydrogen-bond acceptors (Lipinski definition) is 3. The Morgan fingerprint density at radius 1 is 1.12 bits per heavy atom. The molecular weight excluding hydrogens is 312 g/mol. The summed E-state index contributed by atoms with van der Waals surface area (Å²) in [5.74, 6) is -2.84. The van der Waals surface area contributed by atoms with Crippen LogP contribution in [0.15, 0.2) is 42.6 Å². The quantitative estimate of drug-likeness (QED) is 0.708. The van der Waals surface area contributed by atoms with Gasteiger partial charge in [0.2, 0.25) is 5.90 Å². The molecule has 1 aliphatic rings. The number of fused-ring (bicyclic) bond motifs is 3. The minimum Gasteiger partial charge on any atom is -0.441 e. The molecule has 0 spiro atoms. The SMILES string of the molecule is N#CC1C(=N)Oc2c(ccc3[nH]ccc23)C1c1cc(F)cc(F)c1. The molecule has 0 bridgehead atoms. The van der Waals surface area contributed by atoms with Crippen molar-refractivity contribution in [1.82, 2.24) is 4.98 Å². The van der Waals surface area contributed by atoms with Crippen LogP contribution in [0.4, 0.5) is 8.78 Å². The Morgan fingerprint density at radius 2 is 1.88 bits per heavy atom. The van der Waals surface area contributed by atoms with Gasteiger partial charge in [0.25, 0.3) is 0 Å². The Morgan fingerprint density at radius 3 is 2.58 bits per heavy atom. The molecule has 6 heteroatoms. The number of aromatic amines is 1. The Bertz CT molecular complexity index is 999. The lowest BCUT2D eigenvalue weighted by Crippen LogP contribution is -2.31. The molecule has 0 fully saturated rings. The highest BCUT2D eigenvalue weighted by atomic mass is 19.1. The first-order chi connectivity index (χ1) is 11.6. The van der Waals surface area contributed by atoms with Gasteiger partial charge in [0.15, 0.2) is 0 Å². The third-order valence-corrected chi connectivity index (χ3v) is 4.26. The summed E-state index contributed by atoms with van der Waals surface area (Å²) in [6.07, 6.45) is 1.74. The molecule has 4 nitrogen and oxygen atoms in total. The first kappa shape index (κ1) is 14.4. The highest BCUT2D eigenvalue weighted by Gasteiger charge is 2.38. The number of nitrogens with one attached hydrogen (secondary N) is 2. The molecule has 4 rings (SSSR count). The van der Waals surface area contributed by atoms with Crippen molar-refractivity contribution >= 4 is 16.8 Å². The third kappa shape index (κ3) is 2.06. The Labute approximate surface area is 135 Å². The van der Waals surface area contributed by atoms with E-state index in [0.717, 1.165) is 17.0 Å². The Balaban J connectivity index is 2.00. The maximum absolute atomic E-state index is 13.7. The lowest BCUT2D eigenvalue weighted by molar-refractivity contribution is 0.453. The van der Waals surface area contributed by atoms with E-state index in [0.29, 0.717) is 16.9 Å². The van der Waals surface area contributed by atoms with Gasteiger partial charge in [-0.15, -0.1) is 0 Å². The second kappa shape index (κ2) is 5.17. The Hall–Kier alpha value is -3.20. The Kier molecular flexibility index (Phi) is 3.10. The summed E-state index contributed by atoms with van der Waals surface area (Å²) >= 11 is 0. The number of H-pyrrole nitrogens is 1. The molecule has 0 radical (unpaired) electrons. The first-order valence-corrected chi connectivity index (χ1v) is 7.30. The van der Waals surface area contributed by atoms with Crippen LogP contribution in [-0.2, 0) is 0 Å². The van der Waals surface area contributed by atoms with Crippen molar-refractivity contribution in [2.45, 2.75) is 5.92 Å². The van der Waals surface area contributed by atoms with Crippen LogP contribution < -0.4 is 4.74 Å². The average molecular weight is 323 g/mol. The number of benzene rings is 2. The van der Waals surface area contributed by atoms with Crippen LogP contribution in [0.3, 0.4) is 0 Å². The minimum absolute atomic E-state index is 0.228. The van der Waals surface area contributed by atoms with Gasteiger partial charge in [-0.3, -0.25) is 5.41 Å². The molecule has 1 aromatic heterocycles. The average Bonchev–Trinajstić information content (AvgIpc) is 3.01. The fourth-order valence-corrected chi connectivity index (χ4v) is 3.25. The van der Waals surface area contributed by atoms with Crippen molar-refractivity contribution in [3.05, 3.63) is 65.4 Å². The smallest absolute Gasteiger partial charge is 0.205 e. The summed E-state index contributed by atoms with van der Waals surface area (Å²) in [5, 5.41) is 18.3. The van der Waals surface area contributed by atoms with E-state index < -0.39 is 23.5 Å². The number of hydrogen-bond donors (Lipinski definition) is 2. The number of ether oxygens (including phenoxy) is 1. The summed E-state index contributed by atoms with van der Waals surface area (Å²) in [7, 11) is 0. The van der Waals surface area contributed by atoms with E-state index in [9.17, 15) is 14.0 Å². The third-order valence-electron chi connectivity index (χ3n) is 4.26. The molecule has 2 heterocycles. The second-order valence-corrected chi connectivity index (χ2v) is 5.68. The van der Waals surface area contributed by atoms with E-state index in [4.69, 9.17) is 10.1 Å². The molecule has 0 saturated heterocycles. The number of rotatable bonds is 1. The van der Waals surface area contributed by atoms with Crippen LogP contribution in [0.5, 0.6) is 5.75 Å². The van der Waals surface area contributed by atoms with E-state index >= 15 is 0 Å². The fraction of sp³-hybridized carbons (Fsp3) is 0.111. The molecule has 0 saturated carbocycles. The normalized spacial score (nSPS) is 19.6. The summed E-state index contributed by atoms with van der Waals surface area (Å²) in [5.41, 5.74) is 1.76. The summed E-state index contributed by atoms with van der Waals surface area (Å²) in [4.78, 5) is 3.05. The maximum Gasteiger partial charge on any atom is 0.205 e. The van der Waals surface area contributed by atoms with Crippen molar-refractivity contribution < 1.29 is 13.5 Å². The van der Waals surface area contributed by atoms with Gasteiger partial charge in [-0.2, -0.15) is 5.26 Å². The standard InChI is InChI=1S/C18H11F2N3O/c19-10-5-9(6-11(20)7-10)16-13-1-2-15-12(3-4-23-15)17(13)24-18(22)14(16)8-21/h1-7,14,16,22-23H. The highest BCUT2D eigenvalue weighted by Crippen LogP contribution is 2.45. The van der Waals surface area contributed by atoms with Crippen molar-refractivity contribution in [1.29, 1.82) is 10.7 Å². The minimum atomic E-state index is -0.949. The molecule has 2 unspecified atom stereocenters. The van der Waals surface area contributed by atoms with Gasteiger partial charge in [-0.25, -0.2) is 8.78 Å². The van der Waals surface area contributed by atoms with Gasteiger partial charge in [0.05, 0.1) is 6.07 Å². The van der Waals surface area contributed by atoms with Crippen LogP contribution in [0.2, 0.25) is 0 Å². The van der Waals surface area contributed by atoms with Crippen LogP contribution >= 0.6 is 0 Å². The van der Waals surface area contributed by atoms with Crippen molar-refractivity contribution in [3.8, 4) is 11.8 Å². The zero-order chi connectivity index (χ0) is 16.8. The van der Waals surface area contributed by atoms with Crippen LogP contribution in [0.1, 0.15) is 17.0 Å². The van der Waals surface area contributed by atoms with Gasteiger partial charge < -0.3 is 9.72 Å². The molecule has 0 amide bonds. The zero-order valence-corrected chi connectivity index (χ0v) is 12.3. The van der Waals surface area contributed by atoms with Crippen molar-refractivity contribution in [2.24, 2.45) is 5.92 Å². The molecule has 118 valence electrons. The van der Waals surface area contributed by atoms with E-state index in [1.807, 2.05) is 12.1 Å². The van der Waals surface area contributed by atoms with Gasteiger partial charge in [-0.05, 0) is 29.8 Å². The predicted octanol–water partition coefficient (Wildman–Crippen LogP) is 4.09. The number of nitrogens with zero attached hydrogens (tertiary/aromatic N) is 1. The number of halogens is 2. The zero-order valence-electron chi connectivity index (χ0n) is 12.3. The van der Waals surface area contributed by atoms with Crippen LogP contribution in [-0.4, -0.2) is 10.9 Å². The largest absolute Gasteiger partial charge is 0.441 e. The second-order valence-electron chi connectivity index (χ2n) is 5.68. The van der Waals surface area contributed by atoms with E-state index in [-0.39, 0.29) is 5.90 Å². The lowest BCUT2D eigenvalue weighted by atomic mass is 9.78. The molecule has 3 aromatic rings. The summed E-state index contributed by atoms with van der Waals surface area (Å²) in [6, 6.07) is 10.6. The highest BCUT2D eigenvalue weighted by molar-refractivity contribution is 5.94. The number of nitriles is 1. The van der Waals surface area contributed by atoms with Crippen molar-refractivity contribution in [2.75, 3.05) is 0 Å². The molecule has 2 aromatic carbocycles. The van der Waals surface area contributed by atoms with Gasteiger partial charge >= 0.3 is 0 Å². The van der Waals surface area contributed by atoms with Crippen LogP contribution in [0.25, 0.3) is 10.9 Å². The van der Waals surface area contributed by atoms with E-state index in [1.54, 1.807) is 18.3 Å². The maximum atomic E-state index is 13.7. The molecule has 24 heavy (non-hydrogen) atoms. The molecule has 0 aliphatic carbocycles. The molecule has 2 atom stereocenters. The van der Waals surface area contributed by atoms with Crippen molar-refractivity contribution in [3.63, 3.8) is 0 Å².